The Labute approximate surface area is 126 Å². The Morgan fingerprint density at radius 2 is 2.05 bits per heavy atom. The molecular weight excluding hydrogens is 297 g/mol. The van der Waals surface area contributed by atoms with Gasteiger partial charge in [0.15, 0.2) is 0 Å². The third kappa shape index (κ3) is 2.73. The molecule has 0 unspecified atom stereocenters. The first-order valence-corrected chi connectivity index (χ1v) is 7.05. The third-order valence-electron chi connectivity index (χ3n) is 3.25. The van der Waals surface area contributed by atoms with Gasteiger partial charge in [-0.25, -0.2) is 9.97 Å². The first kappa shape index (κ1) is 13.6. The van der Waals surface area contributed by atoms with Crippen molar-refractivity contribution in [2.75, 3.05) is 12.3 Å². The Hall–Kier alpha value is -1.36. The van der Waals surface area contributed by atoms with Crippen molar-refractivity contribution in [2.45, 2.75) is 19.4 Å². The Morgan fingerprint density at radius 3 is 2.85 bits per heavy atom. The quantitative estimate of drug-likeness (QED) is 0.926. The van der Waals surface area contributed by atoms with Crippen LogP contribution in [0.2, 0.25) is 10.0 Å². The molecule has 4 nitrogen and oxygen atoms in total. The van der Waals surface area contributed by atoms with Crippen LogP contribution in [0.3, 0.4) is 0 Å². The van der Waals surface area contributed by atoms with Gasteiger partial charge in [0.2, 0.25) is 0 Å². The number of hydrogen-bond donors (Lipinski definition) is 1. The average Bonchev–Trinajstić information content (AvgIpc) is 2.43. The normalized spacial score (nSPS) is 14.1. The number of fused-ring (bicyclic) bond motifs is 1. The van der Waals surface area contributed by atoms with E-state index in [1.54, 1.807) is 6.07 Å². The summed E-state index contributed by atoms with van der Waals surface area (Å²) in [6, 6.07) is 5.51. The predicted octanol–water partition coefficient (Wildman–Crippen LogP) is 3.03. The molecule has 2 N–H and O–H groups in total. The van der Waals surface area contributed by atoms with Crippen molar-refractivity contribution in [3.63, 3.8) is 0 Å². The summed E-state index contributed by atoms with van der Waals surface area (Å²) >= 11 is 11.9. The number of halogens is 2. The standard InChI is InChI=1S/C14H13Cl2N3O/c15-10-2-1-8(5-11(10)16)6-13-18-12-3-4-20-7-9(12)14(17)19-13/h1-2,5H,3-4,6-7H2,(H2,17,18,19). The highest BCUT2D eigenvalue weighted by Gasteiger charge is 2.16. The van der Waals surface area contributed by atoms with Gasteiger partial charge in [0, 0.05) is 18.4 Å². The number of nitrogens with two attached hydrogens (primary N) is 1. The smallest absolute Gasteiger partial charge is 0.135 e. The van der Waals surface area contributed by atoms with Gasteiger partial charge in [-0.1, -0.05) is 29.3 Å². The Morgan fingerprint density at radius 1 is 1.20 bits per heavy atom. The lowest BCUT2D eigenvalue weighted by Gasteiger charge is -2.17. The minimum Gasteiger partial charge on any atom is -0.383 e. The van der Waals surface area contributed by atoms with Crippen molar-refractivity contribution in [3.8, 4) is 0 Å². The molecule has 6 heteroatoms. The zero-order chi connectivity index (χ0) is 14.1. The van der Waals surface area contributed by atoms with Crippen LogP contribution in [0.4, 0.5) is 5.82 Å². The fourth-order valence-corrected chi connectivity index (χ4v) is 2.54. The molecule has 0 fully saturated rings. The third-order valence-corrected chi connectivity index (χ3v) is 3.99. The van der Waals surface area contributed by atoms with E-state index in [0.29, 0.717) is 41.3 Å². The van der Waals surface area contributed by atoms with Gasteiger partial charge < -0.3 is 10.5 Å². The minimum absolute atomic E-state index is 0.494. The molecule has 0 saturated carbocycles. The van der Waals surface area contributed by atoms with E-state index >= 15 is 0 Å². The van der Waals surface area contributed by atoms with Gasteiger partial charge in [0.1, 0.15) is 11.6 Å². The van der Waals surface area contributed by atoms with Crippen molar-refractivity contribution in [1.29, 1.82) is 0 Å². The van der Waals surface area contributed by atoms with Crippen LogP contribution in [0.1, 0.15) is 22.6 Å². The molecule has 1 aromatic carbocycles. The second kappa shape index (κ2) is 5.56. The predicted molar refractivity (Wildman–Crippen MR) is 79.1 cm³/mol. The van der Waals surface area contributed by atoms with Crippen molar-refractivity contribution in [1.82, 2.24) is 9.97 Å². The number of rotatable bonds is 2. The van der Waals surface area contributed by atoms with Crippen molar-refractivity contribution in [3.05, 3.63) is 50.9 Å². The summed E-state index contributed by atoms with van der Waals surface area (Å²) in [5, 5.41) is 1.07. The molecule has 0 amide bonds. The number of ether oxygens (including phenoxy) is 1. The highest BCUT2D eigenvalue weighted by atomic mass is 35.5. The molecule has 1 aliphatic heterocycles. The minimum atomic E-state index is 0.494. The van der Waals surface area contributed by atoms with E-state index in [4.69, 9.17) is 33.7 Å². The lowest BCUT2D eigenvalue weighted by Crippen LogP contribution is -2.17. The topological polar surface area (TPSA) is 61.0 Å². The number of nitrogen functional groups attached to an aromatic ring is 1. The van der Waals surface area contributed by atoms with Gasteiger partial charge in [-0.15, -0.1) is 0 Å². The van der Waals surface area contributed by atoms with Gasteiger partial charge >= 0.3 is 0 Å². The Balaban J connectivity index is 1.90. The van der Waals surface area contributed by atoms with Crippen LogP contribution in [-0.4, -0.2) is 16.6 Å². The number of nitrogens with zero attached hydrogens (tertiary/aromatic N) is 2. The fraction of sp³-hybridized carbons (Fsp3) is 0.286. The van der Waals surface area contributed by atoms with Gasteiger partial charge in [-0.3, -0.25) is 0 Å². The first-order valence-electron chi connectivity index (χ1n) is 6.29. The fourth-order valence-electron chi connectivity index (χ4n) is 2.22. The zero-order valence-electron chi connectivity index (χ0n) is 10.7. The van der Waals surface area contributed by atoms with Crippen LogP contribution >= 0.6 is 23.2 Å². The molecule has 0 radical (unpaired) electrons. The van der Waals surface area contributed by atoms with Crippen molar-refractivity contribution < 1.29 is 4.74 Å². The Kier molecular flexibility index (Phi) is 3.78. The maximum Gasteiger partial charge on any atom is 0.135 e. The number of benzene rings is 1. The highest BCUT2D eigenvalue weighted by molar-refractivity contribution is 6.42. The molecule has 2 heterocycles. The van der Waals surface area contributed by atoms with Crippen molar-refractivity contribution in [2.24, 2.45) is 0 Å². The molecule has 0 bridgehead atoms. The van der Waals surface area contributed by atoms with E-state index in [1.165, 1.54) is 0 Å². The van der Waals surface area contributed by atoms with Gasteiger partial charge in [-0.2, -0.15) is 0 Å². The van der Waals surface area contributed by atoms with Crippen LogP contribution in [0.25, 0.3) is 0 Å². The van der Waals surface area contributed by atoms with Crippen LogP contribution in [-0.2, 0) is 24.2 Å². The molecule has 3 rings (SSSR count). The largest absolute Gasteiger partial charge is 0.383 e. The van der Waals surface area contributed by atoms with Crippen LogP contribution in [0, 0.1) is 0 Å². The lowest BCUT2D eigenvalue weighted by molar-refractivity contribution is 0.109. The lowest BCUT2D eigenvalue weighted by atomic mass is 10.1. The first-order chi connectivity index (χ1) is 9.63. The molecule has 1 aromatic heterocycles. The highest BCUT2D eigenvalue weighted by Crippen LogP contribution is 2.24. The second-order valence-corrected chi connectivity index (χ2v) is 5.49. The van der Waals surface area contributed by atoms with Crippen molar-refractivity contribution >= 4 is 29.0 Å². The average molecular weight is 310 g/mol. The van der Waals surface area contributed by atoms with Crippen LogP contribution < -0.4 is 5.73 Å². The zero-order valence-corrected chi connectivity index (χ0v) is 12.2. The maximum atomic E-state index is 6.01. The van der Waals surface area contributed by atoms with Gasteiger partial charge in [0.25, 0.3) is 0 Å². The molecule has 0 aliphatic carbocycles. The van der Waals surface area contributed by atoms with E-state index in [1.807, 2.05) is 12.1 Å². The van der Waals surface area contributed by atoms with E-state index in [9.17, 15) is 0 Å². The number of anilines is 1. The van der Waals surface area contributed by atoms with Crippen LogP contribution in [0.5, 0.6) is 0 Å². The monoisotopic (exact) mass is 309 g/mol. The van der Waals surface area contributed by atoms with E-state index < -0.39 is 0 Å². The van der Waals surface area contributed by atoms with Crippen LogP contribution in [0.15, 0.2) is 18.2 Å². The molecule has 104 valence electrons. The summed E-state index contributed by atoms with van der Waals surface area (Å²) in [6.07, 6.45) is 1.35. The molecule has 0 saturated heterocycles. The molecule has 0 atom stereocenters. The summed E-state index contributed by atoms with van der Waals surface area (Å²) in [7, 11) is 0. The van der Waals surface area contributed by atoms with E-state index in [0.717, 1.165) is 23.2 Å². The van der Waals surface area contributed by atoms with Gasteiger partial charge in [0.05, 0.1) is 29.0 Å². The number of aromatic nitrogens is 2. The molecule has 1 aliphatic rings. The maximum absolute atomic E-state index is 6.01. The Bertz CT molecular complexity index is 661. The number of hydrogen-bond acceptors (Lipinski definition) is 4. The molecule has 20 heavy (non-hydrogen) atoms. The summed E-state index contributed by atoms with van der Waals surface area (Å²) in [4.78, 5) is 8.92. The van der Waals surface area contributed by atoms with Gasteiger partial charge in [-0.05, 0) is 17.7 Å². The van der Waals surface area contributed by atoms with E-state index in [2.05, 4.69) is 9.97 Å². The summed E-state index contributed by atoms with van der Waals surface area (Å²) < 4.78 is 5.37. The molecular formula is C14H13Cl2N3O. The summed E-state index contributed by atoms with van der Waals surface area (Å²) in [5.41, 5.74) is 8.87. The molecule has 2 aromatic rings. The molecule has 0 spiro atoms. The summed E-state index contributed by atoms with van der Waals surface area (Å²) in [6.45, 7) is 1.17. The second-order valence-electron chi connectivity index (χ2n) is 4.68. The summed E-state index contributed by atoms with van der Waals surface area (Å²) in [5.74, 6) is 1.20. The van der Waals surface area contributed by atoms with E-state index in [-0.39, 0.29) is 0 Å². The SMILES string of the molecule is Nc1nc(Cc2ccc(Cl)c(Cl)c2)nc2c1COCC2.